The largest absolute Gasteiger partial charge is 0.490 e. The van der Waals surface area contributed by atoms with Crippen LogP contribution in [-0.4, -0.2) is 77.2 Å². The maximum atomic E-state index is 14.5. The molecular formula is C39H44ClN3O6S2. The van der Waals surface area contributed by atoms with Crippen molar-refractivity contribution in [1.82, 2.24) is 4.57 Å². The van der Waals surface area contributed by atoms with Gasteiger partial charge in [0.1, 0.15) is 12.4 Å². The first-order chi connectivity index (χ1) is 24.7. The lowest BCUT2D eigenvalue weighted by atomic mass is 9.70. The number of aryl methyl sites for hydroxylation is 1. The number of Topliss-reactive ketones (excluding diaryl/α,β-unsaturated/α-hetero) is 1. The average molecular weight is 750 g/mol. The van der Waals surface area contributed by atoms with Crippen LogP contribution in [0.15, 0.2) is 65.2 Å². The van der Waals surface area contributed by atoms with Crippen molar-refractivity contribution >= 4 is 50.5 Å². The Bertz CT molecular complexity index is 1980. The summed E-state index contributed by atoms with van der Waals surface area (Å²) in [4.78, 5) is 30.0. The highest BCUT2D eigenvalue weighted by Gasteiger charge is 2.45. The second kappa shape index (κ2) is 14.4. The highest BCUT2D eigenvalue weighted by atomic mass is 35.5. The van der Waals surface area contributed by atoms with E-state index >= 15 is 0 Å². The molecule has 4 aliphatic heterocycles. The van der Waals surface area contributed by atoms with Gasteiger partial charge in [0.2, 0.25) is 0 Å². The van der Waals surface area contributed by atoms with E-state index in [4.69, 9.17) is 25.8 Å². The van der Waals surface area contributed by atoms with Crippen LogP contribution in [0.25, 0.3) is 0 Å². The fraction of sp³-hybridized carbons (Fsp3) is 0.487. The molecule has 9 nitrogen and oxygen atoms in total. The van der Waals surface area contributed by atoms with Crippen molar-refractivity contribution < 1.29 is 28.0 Å². The molecule has 1 aromatic heterocycles. The Hall–Kier alpha value is -3.09. The Morgan fingerprint density at radius 2 is 2.10 bits per heavy atom. The van der Waals surface area contributed by atoms with E-state index < -0.39 is 15.6 Å². The predicted molar refractivity (Wildman–Crippen MR) is 202 cm³/mol. The van der Waals surface area contributed by atoms with E-state index in [0.29, 0.717) is 74.5 Å². The molecule has 1 amide bonds. The number of thioether (sulfide) groups is 1. The summed E-state index contributed by atoms with van der Waals surface area (Å²) in [6.07, 6.45) is 10.3. The zero-order chi connectivity index (χ0) is 35.2. The number of hydrogen-bond donors (Lipinski definition) is 0. The predicted octanol–water partition coefficient (Wildman–Crippen LogP) is 6.94. The molecule has 0 saturated heterocycles. The van der Waals surface area contributed by atoms with Gasteiger partial charge < -0.3 is 23.7 Å². The van der Waals surface area contributed by atoms with Crippen LogP contribution >= 0.6 is 23.4 Å². The number of anilines is 1. The molecule has 270 valence electrons. The minimum Gasteiger partial charge on any atom is -0.490 e. The first-order valence-electron chi connectivity index (χ1n) is 17.9. The minimum atomic E-state index is -3.23. The van der Waals surface area contributed by atoms with Gasteiger partial charge in [0.25, 0.3) is 5.91 Å². The Balaban J connectivity index is 1.17. The summed E-state index contributed by atoms with van der Waals surface area (Å²) < 4.78 is 38.8. The number of halogens is 1. The van der Waals surface area contributed by atoms with E-state index in [-0.39, 0.29) is 28.1 Å². The molecule has 8 rings (SSSR count). The number of methoxy groups -OCH3 is 1. The Labute approximate surface area is 309 Å². The van der Waals surface area contributed by atoms with Gasteiger partial charge in [-0.3, -0.25) is 9.59 Å². The number of carbonyl (C=O) groups is 2. The number of benzene rings is 2. The van der Waals surface area contributed by atoms with E-state index in [1.54, 1.807) is 25.4 Å². The summed E-state index contributed by atoms with van der Waals surface area (Å²) >= 11 is 8.38. The maximum absolute atomic E-state index is 14.5. The second-order valence-corrected chi connectivity index (χ2v) is 18.8. The molecule has 2 bridgehead atoms. The number of ketones is 1. The summed E-state index contributed by atoms with van der Waals surface area (Å²) in [5.74, 6) is 1.38. The third kappa shape index (κ3) is 7.04. The van der Waals surface area contributed by atoms with Crippen molar-refractivity contribution in [3.8, 4) is 5.75 Å². The molecule has 5 atom stereocenters. The summed E-state index contributed by atoms with van der Waals surface area (Å²) in [5.41, 5.74) is 5.06. The van der Waals surface area contributed by atoms with Crippen LogP contribution < -0.4 is 9.64 Å². The minimum absolute atomic E-state index is 0.0337. The van der Waals surface area contributed by atoms with Crippen LogP contribution in [0.4, 0.5) is 5.69 Å². The van der Waals surface area contributed by atoms with Crippen molar-refractivity contribution in [3.05, 3.63) is 93.8 Å². The lowest BCUT2D eigenvalue weighted by molar-refractivity contribution is 0.0134. The second-order valence-electron chi connectivity index (χ2n) is 14.4. The Morgan fingerprint density at radius 3 is 2.92 bits per heavy atom. The molecule has 1 saturated carbocycles. The number of aromatic nitrogens is 1. The number of hydrogen-bond acceptors (Lipinski definition) is 8. The maximum Gasteiger partial charge on any atom is 0.285 e. The normalized spacial score (nSPS) is 29.7. The molecule has 3 aromatic rings. The van der Waals surface area contributed by atoms with E-state index in [0.717, 1.165) is 48.0 Å². The van der Waals surface area contributed by atoms with Crippen molar-refractivity contribution in [2.75, 3.05) is 55.6 Å². The average Bonchev–Trinajstić information content (AvgIpc) is 3.49. The lowest BCUT2D eigenvalue weighted by Gasteiger charge is -2.45. The van der Waals surface area contributed by atoms with Crippen LogP contribution in [0.2, 0.25) is 5.02 Å². The summed E-state index contributed by atoms with van der Waals surface area (Å²) in [5, 5.41) is 0.738. The monoisotopic (exact) mass is 749 g/mol. The molecular weight excluding hydrogens is 706 g/mol. The molecule has 5 aliphatic rings. The number of ether oxygens (including phenoxy) is 3. The lowest BCUT2D eigenvalue weighted by Crippen LogP contribution is -2.48. The van der Waals surface area contributed by atoms with Gasteiger partial charge >= 0.3 is 0 Å². The van der Waals surface area contributed by atoms with Crippen LogP contribution in [0.1, 0.15) is 63.2 Å². The first kappa shape index (κ1) is 35.0. The molecule has 51 heavy (non-hydrogen) atoms. The molecule has 0 unspecified atom stereocenters. The van der Waals surface area contributed by atoms with Gasteiger partial charge in [0.05, 0.1) is 45.2 Å². The zero-order valence-corrected chi connectivity index (χ0v) is 31.3. The smallest absolute Gasteiger partial charge is 0.285 e. The highest BCUT2D eigenvalue weighted by Crippen LogP contribution is 2.49. The molecule has 0 N–H and O–H groups in total. The third-order valence-electron chi connectivity index (χ3n) is 11.2. The Morgan fingerprint density at radius 1 is 1.20 bits per heavy atom. The molecule has 1 fully saturated rings. The first-order valence-corrected chi connectivity index (χ1v) is 21.2. The van der Waals surface area contributed by atoms with Crippen LogP contribution in [0.3, 0.4) is 0 Å². The SMILES string of the molecule is CO[C@H]1/C=C/CCC[S@@](=O)(CC(=O)c2cc3n(c2)CCOC3)=NC(=O)c2ccc3c(c2)N(C[C@@H]2CC[C@H]21)C[C@]1(CO3)SCCc2cc(Cl)ccc21. The standard InChI is InChI=1S/C39H44ClN3O6S2/c1-47-36-5-3-2-4-16-51(46,23-35(44)29-18-31-22-48-14-13-42(31)21-29)41-38(45)27-7-11-37-34(19-27)43(20-28-6-9-32(28)36)24-39(25-49-37)33-10-8-30(40)17-26(33)12-15-50-39/h3,5,7-8,10-11,17-19,21,28,32,36H,2,4,6,9,12-16,20,22-25H2,1H3/b5-3+/t28-,32+,36-,39+,51+/m0/s1. The van der Waals surface area contributed by atoms with Gasteiger partial charge in [-0.05, 0) is 97.2 Å². The molecule has 5 heterocycles. The Kier molecular flexibility index (Phi) is 9.86. The van der Waals surface area contributed by atoms with Gasteiger partial charge in [-0.15, -0.1) is 11.8 Å². The number of amides is 1. The van der Waals surface area contributed by atoms with Crippen molar-refractivity contribution in [2.45, 2.75) is 56.1 Å². The van der Waals surface area contributed by atoms with Gasteiger partial charge in [-0.2, -0.15) is 4.36 Å². The zero-order valence-electron chi connectivity index (χ0n) is 28.9. The molecule has 12 heteroatoms. The summed E-state index contributed by atoms with van der Waals surface area (Å²) in [6.45, 7) is 3.64. The van der Waals surface area contributed by atoms with Crippen LogP contribution in [0, 0.1) is 11.8 Å². The fourth-order valence-corrected chi connectivity index (χ4v) is 11.9. The molecule has 1 spiro atoms. The molecule has 1 aliphatic carbocycles. The van der Waals surface area contributed by atoms with E-state index in [9.17, 15) is 13.8 Å². The van der Waals surface area contributed by atoms with Crippen molar-refractivity contribution in [3.63, 3.8) is 0 Å². The van der Waals surface area contributed by atoms with Gasteiger partial charge in [-0.25, -0.2) is 4.21 Å². The molecule has 2 aromatic carbocycles. The molecule has 0 radical (unpaired) electrons. The van der Waals surface area contributed by atoms with Gasteiger partial charge in [0.15, 0.2) is 5.78 Å². The van der Waals surface area contributed by atoms with E-state index in [1.165, 1.54) is 11.1 Å². The number of allylic oxidation sites excluding steroid dienone is 1. The third-order valence-corrected chi connectivity index (χ3v) is 15.0. The van der Waals surface area contributed by atoms with Crippen LogP contribution in [0.5, 0.6) is 5.75 Å². The van der Waals surface area contributed by atoms with Crippen molar-refractivity contribution in [2.24, 2.45) is 16.2 Å². The number of carbonyl (C=O) groups excluding carboxylic acids is 2. The topological polar surface area (TPSA) is 99.4 Å². The highest BCUT2D eigenvalue weighted by molar-refractivity contribution is 8.00. The quantitative estimate of drug-likeness (QED) is 0.209. The van der Waals surface area contributed by atoms with Gasteiger partial charge in [0, 0.05) is 60.5 Å². The number of fused-ring (bicyclic) bond motifs is 5. The van der Waals surface area contributed by atoms with E-state index in [1.807, 2.05) is 34.5 Å². The fourth-order valence-electron chi connectivity index (χ4n) is 8.32. The van der Waals surface area contributed by atoms with Crippen molar-refractivity contribution in [1.29, 1.82) is 0 Å². The summed E-state index contributed by atoms with van der Waals surface area (Å²) in [6, 6.07) is 13.4. The van der Waals surface area contributed by atoms with E-state index in [2.05, 4.69) is 33.5 Å². The number of nitrogens with zero attached hydrogens (tertiary/aromatic N) is 3. The summed E-state index contributed by atoms with van der Waals surface area (Å²) in [7, 11) is -1.46. The van der Waals surface area contributed by atoms with Gasteiger partial charge in [-0.1, -0.05) is 29.8 Å². The number of rotatable bonds is 4. The van der Waals surface area contributed by atoms with Crippen LogP contribution in [-0.2, 0) is 43.5 Å².